The number of alkyl halides is 3. The molecule has 11 heteroatoms. The number of carbonyl (C=O) groups is 2. The molecular formula is C20H13Cl3F3NO4. The Morgan fingerprint density at radius 3 is 1.97 bits per heavy atom. The standard InChI is InChI=1S/C20H13Cl3F3NO4/c21-14-5-11(6-15(22)17(14)23)13(20(24,25)26)7-16(28)10-1-3-12(4-2-10)19(31)8-27(9-19)18(29)30/h1-7,31H,8-9H2,(H,29,30). The third kappa shape index (κ3) is 4.82. The van der Waals surface area contributed by atoms with E-state index < -0.39 is 34.8 Å². The van der Waals surface area contributed by atoms with Crippen molar-refractivity contribution < 1.29 is 33.0 Å². The summed E-state index contributed by atoms with van der Waals surface area (Å²) in [5.41, 5.74) is -2.80. The molecule has 31 heavy (non-hydrogen) atoms. The maximum Gasteiger partial charge on any atom is 0.417 e. The van der Waals surface area contributed by atoms with Gasteiger partial charge in [-0.3, -0.25) is 4.79 Å². The Labute approximate surface area is 189 Å². The van der Waals surface area contributed by atoms with Crippen LogP contribution in [0.5, 0.6) is 0 Å². The molecule has 0 bridgehead atoms. The second kappa shape index (κ2) is 8.35. The first kappa shape index (κ1) is 23.4. The second-order valence-electron chi connectivity index (χ2n) is 6.92. The number of β-amino-alcohol motifs (C(OH)–C–C–N with tert-alkyl or cyclic N) is 1. The van der Waals surface area contributed by atoms with Crippen LogP contribution in [0, 0.1) is 0 Å². The average molecular weight is 495 g/mol. The molecule has 0 aromatic heterocycles. The maximum atomic E-state index is 13.6. The predicted octanol–water partition coefficient (Wildman–Crippen LogP) is 5.66. The first-order valence-electron chi connectivity index (χ1n) is 8.61. The van der Waals surface area contributed by atoms with E-state index in [4.69, 9.17) is 39.9 Å². The van der Waals surface area contributed by atoms with Crippen LogP contribution in [0.1, 0.15) is 21.5 Å². The monoisotopic (exact) mass is 493 g/mol. The summed E-state index contributed by atoms with van der Waals surface area (Å²) in [4.78, 5) is 24.3. The molecule has 0 atom stereocenters. The number of hydrogen-bond acceptors (Lipinski definition) is 3. The van der Waals surface area contributed by atoms with Crippen molar-refractivity contribution in [2.75, 3.05) is 13.1 Å². The third-order valence-electron chi connectivity index (χ3n) is 4.76. The minimum absolute atomic E-state index is 0.0605. The van der Waals surface area contributed by atoms with Crippen molar-refractivity contribution in [3.63, 3.8) is 0 Å². The minimum Gasteiger partial charge on any atom is -0.465 e. The van der Waals surface area contributed by atoms with Gasteiger partial charge in [-0.1, -0.05) is 59.1 Å². The highest BCUT2D eigenvalue weighted by Gasteiger charge is 2.45. The lowest BCUT2D eigenvalue weighted by molar-refractivity contribution is -0.0898. The van der Waals surface area contributed by atoms with E-state index in [0.29, 0.717) is 11.6 Å². The van der Waals surface area contributed by atoms with Gasteiger partial charge >= 0.3 is 12.3 Å². The first-order chi connectivity index (χ1) is 14.3. The van der Waals surface area contributed by atoms with E-state index in [9.17, 15) is 27.9 Å². The number of ketones is 1. The quantitative estimate of drug-likeness (QED) is 0.327. The van der Waals surface area contributed by atoms with E-state index in [2.05, 4.69) is 0 Å². The van der Waals surface area contributed by atoms with Crippen LogP contribution in [-0.4, -0.2) is 46.3 Å². The van der Waals surface area contributed by atoms with Gasteiger partial charge in [-0.2, -0.15) is 13.2 Å². The zero-order valence-electron chi connectivity index (χ0n) is 15.4. The van der Waals surface area contributed by atoms with Gasteiger partial charge in [-0.25, -0.2) is 4.79 Å². The fraction of sp³-hybridized carbons (Fsp3) is 0.200. The summed E-state index contributed by atoms with van der Waals surface area (Å²) in [7, 11) is 0. The van der Waals surface area contributed by atoms with Gasteiger partial charge < -0.3 is 15.1 Å². The fourth-order valence-corrected chi connectivity index (χ4v) is 3.70. The molecule has 0 radical (unpaired) electrons. The lowest BCUT2D eigenvalue weighted by atomic mass is 9.86. The summed E-state index contributed by atoms with van der Waals surface area (Å²) in [5.74, 6) is -0.936. The normalized spacial score (nSPS) is 16.1. The van der Waals surface area contributed by atoms with Crippen LogP contribution >= 0.6 is 34.8 Å². The van der Waals surface area contributed by atoms with Crippen LogP contribution in [0.2, 0.25) is 15.1 Å². The molecule has 2 aromatic rings. The first-order valence-corrected chi connectivity index (χ1v) is 9.74. The number of rotatable bonds is 4. The summed E-state index contributed by atoms with van der Waals surface area (Å²) < 4.78 is 40.8. The Balaban J connectivity index is 1.89. The van der Waals surface area contributed by atoms with Crippen molar-refractivity contribution in [2.24, 2.45) is 0 Å². The van der Waals surface area contributed by atoms with Crippen LogP contribution in [0.3, 0.4) is 0 Å². The van der Waals surface area contributed by atoms with Crippen LogP contribution in [0.4, 0.5) is 18.0 Å². The van der Waals surface area contributed by atoms with E-state index in [1.54, 1.807) is 0 Å². The molecule has 0 aliphatic carbocycles. The number of allylic oxidation sites excluding steroid dienone is 2. The number of halogens is 6. The molecule has 5 nitrogen and oxygen atoms in total. The lowest BCUT2D eigenvalue weighted by Crippen LogP contribution is -2.60. The molecule has 1 heterocycles. The molecule has 2 aromatic carbocycles. The van der Waals surface area contributed by atoms with Crippen LogP contribution < -0.4 is 0 Å². The van der Waals surface area contributed by atoms with Gasteiger partial charge in [-0.15, -0.1) is 0 Å². The number of benzene rings is 2. The number of carboxylic acid groups (broad SMARTS) is 1. The highest BCUT2D eigenvalue weighted by atomic mass is 35.5. The molecule has 1 aliphatic rings. The Kier molecular flexibility index (Phi) is 6.30. The molecule has 2 N–H and O–H groups in total. The SMILES string of the molecule is O=C(C=C(c1cc(Cl)c(Cl)c(Cl)c1)C(F)(F)F)c1ccc(C2(O)CN(C(=O)O)C2)cc1. The molecule has 1 aliphatic heterocycles. The second-order valence-corrected chi connectivity index (χ2v) is 8.11. The van der Waals surface area contributed by atoms with Gasteiger partial charge in [0, 0.05) is 5.56 Å². The zero-order valence-corrected chi connectivity index (χ0v) is 17.6. The van der Waals surface area contributed by atoms with Crippen molar-refractivity contribution in [3.05, 3.63) is 74.2 Å². The fourth-order valence-electron chi connectivity index (χ4n) is 3.10. The van der Waals surface area contributed by atoms with Gasteiger partial charge in [0.05, 0.1) is 33.7 Å². The predicted molar refractivity (Wildman–Crippen MR) is 110 cm³/mol. The highest BCUT2D eigenvalue weighted by Crippen LogP contribution is 2.39. The van der Waals surface area contributed by atoms with E-state index in [-0.39, 0.29) is 33.7 Å². The van der Waals surface area contributed by atoms with Crippen molar-refractivity contribution in [1.29, 1.82) is 0 Å². The lowest BCUT2D eigenvalue weighted by Gasteiger charge is -2.45. The molecule has 164 valence electrons. The Hall–Kier alpha value is -2.26. The Morgan fingerprint density at radius 2 is 1.52 bits per heavy atom. The number of aliphatic hydroxyl groups is 1. The number of hydrogen-bond donors (Lipinski definition) is 2. The van der Waals surface area contributed by atoms with Gasteiger partial charge in [-0.05, 0) is 29.3 Å². The van der Waals surface area contributed by atoms with E-state index in [0.717, 1.165) is 17.0 Å². The minimum atomic E-state index is -4.88. The number of likely N-dealkylation sites (tertiary alicyclic amines) is 1. The molecule has 0 spiro atoms. The highest BCUT2D eigenvalue weighted by molar-refractivity contribution is 6.48. The van der Waals surface area contributed by atoms with Gasteiger partial charge in [0.25, 0.3) is 0 Å². The summed E-state index contributed by atoms with van der Waals surface area (Å²) >= 11 is 17.4. The number of carbonyl (C=O) groups excluding carboxylic acids is 1. The Morgan fingerprint density at radius 1 is 1.00 bits per heavy atom. The summed E-state index contributed by atoms with van der Waals surface area (Å²) in [6.45, 7) is -0.294. The van der Waals surface area contributed by atoms with Crippen LogP contribution in [0.15, 0.2) is 42.5 Å². The van der Waals surface area contributed by atoms with Crippen molar-refractivity contribution in [3.8, 4) is 0 Å². The topological polar surface area (TPSA) is 77.8 Å². The van der Waals surface area contributed by atoms with Crippen molar-refractivity contribution >= 4 is 52.3 Å². The summed E-state index contributed by atoms with van der Waals surface area (Å²) in [6, 6.07) is 7.17. The van der Waals surface area contributed by atoms with E-state index in [1.165, 1.54) is 24.3 Å². The van der Waals surface area contributed by atoms with Crippen LogP contribution in [-0.2, 0) is 5.60 Å². The summed E-state index contributed by atoms with van der Waals surface area (Å²) in [5, 5.41) is 18.8. The molecule has 0 unspecified atom stereocenters. The van der Waals surface area contributed by atoms with Crippen molar-refractivity contribution in [1.82, 2.24) is 4.90 Å². The van der Waals surface area contributed by atoms with Gasteiger partial charge in [0.1, 0.15) is 5.60 Å². The number of amides is 1. The van der Waals surface area contributed by atoms with E-state index >= 15 is 0 Å². The number of nitrogens with zero attached hydrogens (tertiary/aromatic N) is 1. The van der Waals surface area contributed by atoms with Crippen LogP contribution in [0.25, 0.3) is 5.57 Å². The zero-order chi connectivity index (χ0) is 23.1. The molecule has 1 saturated heterocycles. The molecule has 0 saturated carbocycles. The average Bonchev–Trinajstić information content (AvgIpc) is 2.66. The van der Waals surface area contributed by atoms with Crippen molar-refractivity contribution in [2.45, 2.75) is 11.8 Å². The maximum absolute atomic E-state index is 13.6. The van der Waals surface area contributed by atoms with Gasteiger partial charge in [0.2, 0.25) is 0 Å². The van der Waals surface area contributed by atoms with E-state index in [1.807, 2.05) is 0 Å². The molecule has 1 amide bonds. The molecule has 3 rings (SSSR count). The van der Waals surface area contributed by atoms with Gasteiger partial charge in [0.15, 0.2) is 5.78 Å². The molecule has 1 fully saturated rings. The smallest absolute Gasteiger partial charge is 0.417 e. The summed E-state index contributed by atoms with van der Waals surface area (Å²) in [6.07, 6.45) is -5.63. The Bertz CT molecular complexity index is 1060. The third-order valence-corrected chi connectivity index (χ3v) is 5.95. The largest absolute Gasteiger partial charge is 0.465 e. The molecular weight excluding hydrogens is 482 g/mol.